The van der Waals surface area contributed by atoms with Crippen molar-refractivity contribution in [3.05, 3.63) is 64.2 Å². The Morgan fingerprint density at radius 2 is 1.97 bits per heavy atom. The molecule has 2 aromatic rings. The number of unbranched alkanes of at least 4 members (excludes halogenated alkanes) is 1. The van der Waals surface area contributed by atoms with Gasteiger partial charge in [-0.1, -0.05) is 37.1 Å². The molecule has 1 amide bonds. The van der Waals surface area contributed by atoms with Gasteiger partial charge in [-0.3, -0.25) is 9.59 Å². The van der Waals surface area contributed by atoms with E-state index in [1.807, 2.05) is 6.92 Å². The standard InChI is InChI=1S/C24H26ClNO6/c1-3-4-10-26-21(15-6-5-7-17(13-15)32-12-11-27)20(23(29)24(26)30)22(28)16-8-9-18(25)19(14-16)31-2/h5-9,13-14,21,27-28H,3-4,10-12H2,1-2H3/b22-20-. The molecule has 7 nitrogen and oxygen atoms in total. The van der Waals surface area contributed by atoms with Crippen LogP contribution in [0.3, 0.4) is 0 Å². The number of nitrogens with zero attached hydrogens (tertiary/aromatic N) is 1. The summed E-state index contributed by atoms with van der Waals surface area (Å²) in [6.07, 6.45) is 1.54. The van der Waals surface area contributed by atoms with Gasteiger partial charge in [0.2, 0.25) is 0 Å². The number of likely N-dealkylation sites (tertiary alicyclic amines) is 1. The summed E-state index contributed by atoms with van der Waals surface area (Å²) in [7, 11) is 1.45. The number of ether oxygens (including phenoxy) is 2. The third kappa shape index (κ3) is 4.74. The van der Waals surface area contributed by atoms with Crippen LogP contribution in [-0.2, 0) is 9.59 Å². The van der Waals surface area contributed by atoms with E-state index in [0.717, 1.165) is 6.42 Å². The first-order valence-electron chi connectivity index (χ1n) is 10.4. The summed E-state index contributed by atoms with van der Waals surface area (Å²) >= 11 is 6.09. The maximum atomic E-state index is 13.0. The van der Waals surface area contributed by atoms with E-state index in [1.54, 1.807) is 36.4 Å². The zero-order valence-electron chi connectivity index (χ0n) is 18.0. The summed E-state index contributed by atoms with van der Waals surface area (Å²) in [5.41, 5.74) is 0.936. The van der Waals surface area contributed by atoms with Gasteiger partial charge in [0.25, 0.3) is 11.7 Å². The van der Waals surface area contributed by atoms with Gasteiger partial charge in [-0.25, -0.2) is 0 Å². The number of hydrogen-bond acceptors (Lipinski definition) is 6. The number of rotatable bonds is 9. The number of aliphatic hydroxyl groups is 2. The van der Waals surface area contributed by atoms with E-state index in [0.29, 0.717) is 40.6 Å². The molecule has 170 valence electrons. The molecule has 1 aliphatic heterocycles. The van der Waals surface area contributed by atoms with Gasteiger partial charge in [-0.05, 0) is 42.3 Å². The zero-order valence-corrected chi connectivity index (χ0v) is 18.8. The van der Waals surface area contributed by atoms with Crippen molar-refractivity contribution >= 4 is 29.1 Å². The van der Waals surface area contributed by atoms with E-state index >= 15 is 0 Å². The smallest absolute Gasteiger partial charge is 0.295 e. The van der Waals surface area contributed by atoms with Crippen molar-refractivity contribution in [1.82, 2.24) is 4.90 Å². The molecule has 0 bridgehead atoms. The Kier molecular flexibility index (Phi) is 7.77. The minimum absolute atomic E-state index is 0.00483. The van der Waals surface area contributed by atoms with Crippen LogP contribution < -0.4 is 9.47 Å². The molecule has 1 heterocycles. The fraction of sp³-hybridized carbons (Fsp3) is 0.333. The quantitative estimate of drug-likeness (QED) is 0.335. The van der Waals surface area contributed by atoms with E-state index in [-0.39, 0.29) is 24.5 Å². The van der Waals surface area contributed by atoms with Gasteiger partial charge in [0.15, 0.2) is 0 Å². The number of ketones is 1. The molecule has 1 atom stereocenters. The molecule has 32 heavy (non-hydrogen) atoms. The predicted molar refractivity (Wildman–Crippen MR) is 121 cm³/mol. The lowest BCUT2D eigenvalue weighted by atomic mass is 9.95. The second-order valence-electron chi connectivity index (χ2n) is 7.34. The number of methoxy groups -OCH3 is 1. The Bertz CT molecular complexity index is 1030. The molecular formula is C24H26ClNO6. The molecule has 3 rings (SSSR count). The highest BCUT2D eigenvalue weighted by Crippen LogP contribution is 2.41. The highest BCUT2D eigenvalue weighted by atomic mass is 35.5. The summed E-state index contributed by atoms with van der Waals surface area (Å²) in [4.78, 5) is 27.4. The van der Waals surface area contributed by atoms with Crippen LogP contribution in [-0.4, -0.2) is 53.7 Å². The van der Waals surface area contributed by atoms with Crippen LogP contribution in [0, 0.1) is 0 Å². The number of aliphatic hydroxyl groups excluding tert-OH is 2. The molecule has 0 aromatic heterocycles. The average Bonchev–Trinajstić information content (AvgIpc) is 3.06. The number of amides is 1. The highest BCUT2D eigenvalue weighted by Gasteiger charge is 2.45. The van der Waals surface area contributed by atoms with E-state index in [9.17, 15) is 14.7 Å². The van der Waals surface area contributed by atoms with E-state index < -0.39 is 17.7 Å². The molecule has 2 aromatic carbocycles. The molecule has 0 aliphatic carbocycles. The molecule has 0 spiro atoms. The Morgan fingerprint density at radius 1 is 1.19 bits per heavy atom. The molecule has 0 radical (unpaired) electrons. The summed E-state index contributed by atoms with van der Waals surface area (Å²) in [5.74, 6) is -0.881. The fourth-order valence-corrected chi connectivity index (χ4v) is 3.88. The first-order valence-corrected chi connectivity index (χ1v) is 10.8. The third-order valence-electron chi connectivity index (χ3n) is 5.25. The number of halogens is 1. The Morgan fingerprint density at radius 3 is 2.66 bits per heavy atom. The van der Waals surface area contributed by atoms with Crippen LogP contribution in [0.25, 0.3) is 5.76 Å². The van der Waals surface area contributed by atoms with Crippen molar-refractivity contribution in [2.24, 2.45) is 0 Å². The predicted octanol–water partition coefficient (Wildman–Crippen LogP) is 3.94. The lowest BCUT2D eigenvalue weighted by molar-refractivity contribution is -0.139. The Balaban J connectivity index is 2.15. The van der Waals surface area contributed by atoms with Crippen LogP contribution in [0.2, 0.25) is 5.02 Å². The number of carbonyl (C=O) groups is 2. The lowest BCUT2D eigenvalue weighted by Gasteiger charge is -2.25. The van der Waals surface area contributed by atoms with Gasteiger partial charge < -0.3 is 24.6 Å². The van der Waals surface area contributed by atoms with Crippen LogP contribution in [0.4, 0.5) is 0 Å². The van der Waals surface area contributed by atoms with Gasteiger partial charge in [0.1, 0.15) is 23.9 Å². The summed E-state index contributed by atoms with van der Waals surface area (Å²) in [6, 6.07) is 10.8. The van der Waals surface area contributed by atoms with Crippen molar-refractivity contribution in [3.63, 3.8) is 0 Å². The van der Waals surface area contributed by atoms with Crippen LogP contribution >= 0.6 is 11.6 Å². The third-order valence-corrected chi connectivity index (χ3v) is 5.56. The molecule has 2 N–H and O–H groups in total. The second kappa shape index (κ2) is 10.5. The lowest BCUT2D eigenvalue weighted by Crippen LogP contribution is -2.30. The normalized spacial score (nSPS) is 17.6. The Hall–Kier alpha value is -3.03. The minimum Gasteiger partial charge on any atom is -0.507 e. The van der Waals surface area contributed by atoms with Gasteiger partial charge in [0, 0.05) is 12.1 Å². The molecule has 0 saturated carbocycles. The summed E-state index contributed by atoms with van der Waals surface area (Å²) < 4.78 is 10.7. The molecule has 8 heteroatoms. The maximum Gasteiger partial charge on any atom is 0.295 e. The molecule has 1 unspecified atom stereocenters. The fourth-order valence-electron chi connectivity index (χ4n) is 3.69. The molecule has 1 saturated heterocycles. The van der Waals surface area contributed by atoms with Crippen LogP contribution in [0.5, 0.6) is 11.5 Å². The maximum absolute atomic E-state index is 13.0. The first kappa shape index (κ1) is 23.6. The van der Waals surface area contributed by atoms with Crippen molar-refractivity contribution in [1.29, 1.82) is 0 Å². The van der Waals surface area contributed by atoms with Gasteiger partial charge >= 0.3 is 0 Å². The second-order valence-corrected chi connectivity index (χ2v) is 7.75. The van der Waals surface area contributed by atoms with E-state index in [4.69, 9.17) is 26.2 Å². The largest absolute Gasteiger partial charge is 0.507 e. The summed E-state index contributed by atoms with van der Waals surface area (Å²) in [5, 5.41) is 20.5. The van der Waals surface area contributed by atoms with Gasteiger partial charge in [0.05, 0.1) is 30.4 Å². The highest BCUT2D eigenvalue weighted by molar-refractivity contribution is 6.46. The van der Waals surface area contributed by atoms with Crippen LogP contribution in [0.15, 0.2) is 48.0 Å². The minimum atomic E-state index is -0.777. The van der Waals surface area contributed by atoms with Crippen molar-refractivity contribution in [2.75, 3.05) is 26.9 Å². The van der Waals surface area contributed by atoms with E-state index in [1.165, 1.54) is 18.1 Å². The average molecular weight is 460 g/mol. The molecular weight excluding hydrogens is 434 g/mol. The van der Waals surface area contributed by atoms with Gasteiger partial charge in [-0.2, -0.15) is 0 Å². The van der Waals surface area contributed by atoms with Crippen molar-refractivity contribution < 1.29 is 29.3 Å². The molecule has 1 fully saturated rings. The van der Waals surface area contributed by atoms with E-state index in [2.05, 4.69) is 0 Å². The molecule has 1 aliphatic rings. The van der Waals surface area contributed by atoms with Crippen molar-refractivity contribution in [2.45, 2.75) is 25.8 Å². The first-order chi connectivity index (χ1) is 15.4. The summed E-state index contributed by atoms with van der Waals surface area (Å²) in [6.45, 7) is 2.34. The van der Waals surface area contributed by atoms with Crippen molar-refractivity contribution in [3.8, 4) is 11.5 Å². The number of benzene rings is 2. The topological polar surface area (TPSA) is 96.3 Å². The van der Waals surface area contributed by atoms with Crippen LogP contribution in [0.1, 0.15) is 36.9 Å². The zero-order chi connectivity index (χ0) is 23.3. The Labute approximate surface area is 191 Å². The van der Waals surface area contributed by atoms with Gasteiger partial charge in [-0.15, -0.1) is 0 Å². The monoisotopic (exact) mass is 459 g/mol. The number of carbonyl (C=O) groups excluding carboxylic acids is 2. The number of hydrogen-bond donors (Lipinski definition) is 2. The SMILES string of the molecule is CCCCN1C(=O)C(=O)/C(=C(\O)c2ccc(Cl)c(OC)c2)C1c1cccc(OCCO)c1. The number of Topliss-reactive ketones (excluding diaryl/α,β-unsaturated/α-hetero) is 1.